The van der Waals surface area contributed by atoms with E-state index < -0.39 is 11.9 Å². The number of hydrogen-bond acceptors (Lipinski definition) is 7. The lowest BCUT2D eigenvalue weighted by molar-refractivity contribution is -0.142. The standard InChI is InChI=1S/C12H12N4O4/c1-7(17)13-8-3-5-9(6-4-8)14-11(18)10-12(19)20-15-16(10)2/h3-6,15,18H,1-2H3/b11-10+,13-8?,14-9?. The minimum atomic E-state index is -0.725. The molecular weight excluding hydrogens is 264 g/mol. The van der Waals surface area contributed by atoms with E-state index in [-0.39, 0.29) is 11.6 Å². The van der Waals surface area contributed by atoms with Gasteiger partial charge in [-0.2, -0.15) is 0 Å². The van der Waals surface area contributed by atoms with Gasteiger partial charge in [0.25, 0.3) is 0 Å². The summed E-state index contributed by atoms with van der Waals surface area (Å²) in [7, 11) is 1.50. The number of amides is 1. The van der Waals surface area contributed by atoms with E-state index in [0.29, 0.717) is 11.4 Å². The number of nitrogens with zero attached hydrogens (tertiary/aromatic N) is 3. The molecule has 2 aliphatic rings. The van der Waals surface area contributed by atoms with E-state index in [2.05, 4.69) is 20.4 Å². The van der Waals surface area contributed by atoms with Crippen LogP contribution in [0.25, 0.3) is 0 Å². The van der Waals surface area contributed by atoms with E-state index in [9.17, 15) is 14.7 Å². The smallest absolute Gasteiger partial charge is 0.382 e. The number of aliphatic imine (C=N–C) groups is 2. The van der Waals surface area contributed by atoms with Gasteiger partial charge in [-0.05, 0) is 24.3 Å². The molecule has 1 heterocycles. The molecule has 1 aliphatic heterocycles. The van der Waals surface area contributed by atoms with Crippen LogP contribution in [0.3, 0.4) is 0 Å². The molecule has 0 spiro atoms. The number of hydrazine groups is 1. The molecular formula is C12H12N4O4. The summed E-state index contributed by atoms with van der Waals surface area (Å²) in [6.07, 6.45) is 6.28. The van der Waals surface area contributed by atoms with Crippen molar-refractivity contribution in [2.45, 2.75) is 6.92 Å². The molecule has 2 N–H and O–H groups in total. The second kappa shape index (κ2) is 5.49. The number of hydrogen-bond donors (Lipinski definition) is 2. The first-order valence-corrected chi connectivity index (χ1v) is 5.65. The Labute approximate surface area is 114 Å². The van der Waals surface area contributed by atoms with Crippen LogP contribution in [0.5, 0.6) is 0 Å². The molecule has 2 rings (SSSR count). The molecule has 0 bridgehead atoms. The number of aliphatic hydroxyl groups is 1. The summed E-state index contributed by atoms with van der Waals surface area (Å²) in [5.41, 5.74) is 3.07. The van der Waals surface area contributed by atoms with Crippen LogP contribution >= 0.6 is 0 Å². The molecule has 1 aliphatic carbocycles. The van der Waals surface area contributed by atoms with Gasteiger partial charge in [-0.3, -0.25) is 9.80 Å². The highest BCUT2D eigenvalue weighted by Crippen LogP contribution is 2.14. The van der Waals surface area contributed by atoms with Gasteiger partial charge in [-0.1, -0.05) is 5.59 Å². The Morgan fingerprint density at radius 1 is 1.25 bits per heavy atom. The maximum absolute atomic E-state index is 11.3. The molecule has 1 fully saturated rings. The topological polar surface area (TPSA) is 104 Å². The Hall–Kier alpha value is -2.74. The maximum atomic E-state index is 11.3. The molecule has 1 amide bonds. The van der Waals surface area contributed by atoms with Crippen molar-refractivity contribution in [1.29, 1.82) is 0 Å². The zero-order chi connectivity index (χ0) is 14.7. The first-order valence-electron chi connectivity index (χ1n) is 5.65. The second-order valence-electron chi connectivity index (χ2n) is 3.97. The molecule has 0 aromatic rings. The van der Waals surface area contributed by atoms with Gasteiger partial charge in [0.15, 0.2) is 0 Å². The summed E-state index contributed by atoms with van der Waals surface area (Å²) in [5, 5.41) is 11.0. The van der Waals surface area contributed by atoms with Crippen LogP contribution in [0.2, 0.25) is 0 Å². The minimum absolute atomic E-state index is 0.0949. The number of likely N-dealkylation sites (N-methyl/N-ethyl adjacent to an activating group) is 1. The van der Waals surface area contributed by atoms with Crippen LogP contribution < -0.4 is 5.59 Å². The molecule has 0 saturated carbocycles. The van der Waals surface area contributed by atoms with E-state index in [4.69, 9.17) is 0 Å². The van der Waals surface area contributed by atoms with Crippen LogP contribution in [0.1, 0.15) is 6.92 Å². The zero-order valence-electron chi connectivity index (χ0n) is 10.8. The van der Waals surface area contributed by atoms with Gasteiger partial charge < -0.3 is 9.94 Å². The average Bonchev–Trinajstić information content (AvgIpc) is 2.71. The first kappa shape index (κ1) is 13.7. The van der Waals surface area contributed by atoms with E-state index in [1.165, 1.54) is 19.0 Å². The minimum Gasteiger partial charge on any atom is -0.492 e. The van der Waals surface area contributed by atoms with Crippen molar-refractivity contribution in [2.24, 2.45) is 9.98 Å². The first-order chi connectivity index (χ1) is 9.47. The summed E-state index contributed by atoms with van der Waals surface area (Å²) in [4.78, 5) is 34.3. The van der Waals surface area contributed by atoms with E-state index in [1.807, 2.05) is 0 Å². The lowest BCUT2D eigenvalue weighted by Crippen LogP contribution is -2.24. The van der Waals surface area contributed by atoms with Crippen LogP contribution in [0, 0.1) is 0 Å². The van der Waals surface area contributed by atoms with E-state index >= 15 is 0 Å². The van der Waals surface area contributed by atoms with Crippen molar-refractivity contribution in [2.75, 3.05) is 7.05 Å². The highest BCUT2D eigenvalue weighted by molar-refractivity contribution is 6.20. The Balaban J connectivity index is 2.22. The normalized spacial score (nSPS) is 20.1. The monoisotopic (exact) mass is 276 g/mol. The van der Waals surface area contributed by atoms with Gasteiger partial charge in [0.1, 0.15) is 0 Å². The Morgan fingerprint density at radius 2 is 1.80 bits per heavy atom. The van der Waals surface area contributed by atoms with Crippen LogP contribution in [-0.4, -0.2) is 40.5 Å². The molecule has 8 heteroatoms. The predicted molar refractivity (Wildman–Crippen MR) is 70.5 cm³/mol. The molecule has 0 atom stereocenters. The molecule has 0 aromatic heterocycles. The van der Waals surface area contributed by atoms with Crippen molar-refractivity contribution in [3.8, 4) is 0 Å². The number of rotatable bonds is 1. The fourth-order valence-corrected chi connectivity index (χ4v) is 1.54. The summed E-state index contributed by atoms with van der Waals surface area (Å²) >= 11 is 0. The van der Waals surface area contributed by atoms with Crippen LogP contribution in [0.4, 0.5) is 0 Å². The molecule has 20 heavy (non-hydrogen) atoms. The maximum Gasteiger partial charge on any atom is 0.382 e. The van der Waals surface area contributed by atoms with Gasteiger partial charge in [-0.25, -0.2) is 14.8 Å². The van der Waals surface area contributed by atoms with Crippen molar-refractivity contribution >= 4 is 23.3 Å². The number of allylic oxidation sites excluding steroid dienone is 4. The van der Waals surface area contributed by atoms with Gasteiger partial charge in [0.2, 0.25) is 17.5 Å². The molecule has 0 radical (unpaired) electrons. The SMILES string of the molecule is CC(=O)N=C1C=CC(=N/C(O)=C2/C(=O)ONN2C)C=C1. The van der Waals surface area contributed by atoms with Gasteiger partial charge in [-0.15, -0.1) is 0 Å². The highest BCUT2D eigenvalue weighted by atomic mass is 16.7. The van der Waals surface area contributed by atoms with Gasteiger partial charge in [0.05, 0.1) is 11.4 Å². The average molecular weight is 276 g/mol. The lowest BCUT2D eigenvalue weighted by atomic mass is 10.1. The Morgan fingerprint density at radius 3 is 2.25 bits per heavy atom. The third-order valence-electron chi connectivity index (χ3n) is 2.39. The summed E-state index contributed by atoms with van der Waals surface area (Å²) in [5.74, 6) is -1.50. The van der Waals surface area contributed by atoms with Crippen molar-refractivity contribution in [1.82, 2.24) is 10.6 Å². The van der Waals surface area contributed by atoms with Gasteiger partial charge in [0, 0.05) is 14.0 Å². The van der Waals surface area contributed by atoms with E-state index in [0.717, 1.165) is 0 Å². The molecule has 104 valence electrons. The predicted octanol–water partition coefficient (Wildman–Crippen LogP) is 0.176. The fourth-order valence-electron chi connectivity index (χ4n) is 1.54. The van der Waals surface area contributed by atoms with Gasteiger partial charge >= 0.3 is 5.97 Å². The van der Waals surface area contributed by atoms with Crippen molar-refractivity contribution < 1.29 is 19.5 Å². The number of carbonyl (C=O) groups excluding carboxylic acids is 2. The molecule has 1 saturated heterocycles. The molecule has 0 unspecified atom stereocenters. The summed E-state index contributed by atoms with van der Waals surface area (Å²) < 4.78 is 0. The number of carbonyl (C=O) groups is 2. The summed E-state index contributed by atoms with van der Waals surface area (Å²) in [6, 6.07) is 0. The lowest BCUT2D eigenvalue weighted by Gasteiger charge is -2.07. The number of nitrogens with one attached hydrogen (secondary N) is 1. The van der Waals surface area contributed by atoms with Crippen LogP contribution in [-0.2, 0) is 14.4 Å². The van der Waals surface area contributed by atoms with E-state index in [1.54, 1.807) is 24.3 Å². The number of aliphatic hydroxyl groups excluding tert-OH is 1. The highest BCUT2D eigenvalue weighted by Gasteiger charge is 2.29. The third-order valence-corrected chi connectivity index (χ3v) is 2.39. The second-order valence-corrected chi connectivity index (χ2v) is 3.97. The Bertz CT molecular complexity index is 595. The largest absolute Gasteiger partial charge is 0.492 e. The Kier molecular flexibility index (Phi) is 3.76. The quantitative estimate of drug-likeness (QED) is 0.402. The molecule has 8 nitrogen and oxygen atoms in total. The third kappa shape index (κ3) is 2.98. The zero-order valence-corrected chi connectivity index (χ0v) is 10.8. The van der Waals surface area contributed by atoms with Crippen LogP contribution in [0.15, 0.2) is 45.9 Å². The summed E-state index contributed by atoms with van der Waals surface area (Å²) in [6.45, 7) is 1.35. The molecule has 0 aromatic carbocycles. The van der Waals surface area contributed by atoms with Crippen molar-refractivity contribution in [3.05, 3.63) is 35.9 Å². The fraction of sp³-hybridized carbons (Fsp3) is 0.167. The van der Waals surface area contributed by atoms with Crippen molar-refractivity contribution in [3.63, 3.8) is 0 Å².